The maximum atomic E-state index is 5.36. The van der Waals surface area contributed by atoms with E-state index in [4.69, 9.17) is 4.42 Å². The number of fused-ring (bicyclic) bond motifs is 1. The number of para-hydroxylation sites is 1. The van der Waals surface area contributed by atoms with Crippen LogP contribution < -0.4 is 4.90 Å². The fourth-order valence-electron chi connectivity index (χ4n) is 2.82. The summed E-state index contributed by atoms with van der Waals surface area (Å²) in [4.78, 5) is 12.0. The summed E-state index contributed by atoms with van der Waals surface area (Å²) in [7, 11) is 0. The predicted molar refractivity (Wildman–Crippen MR) is 86.2 cm³/mol. The van der Waals surface area contributed by atoms with Crippen LogP contribution in [-0.4, -0.2) is 21.5 Å². The number of nitrogens with one attached hydrogen (secondary N) is 1. The molecule has 22 heavy (non-hydrogen) atoms. The van der Waals surface area contributed by atoms with Gasteiger partial charge in [-0.25, -0.2) is 4.98 Å². The molecule has 4 rings (SSSR count). The summed E-state index contributed by atoms with van der Waals surface area (Å²) in [6.07, 6.45) is 7.33. The average molecular weight is 294 g/mol. The van der Waals surface area contributed by atoms with Gasteiger partial charge in [0.05, 0.1) is 18.4 Å². The second-order valence-electron chi connectivity index (χ2n) is 6.02. The van der Waals surface area contributed by atoms with Crippen LogP contribution in [0.2, 0.25) is 0 Å². The van der Waals surface area contributed by atoms with E-state index in [1.54, 1.807) is 12.5 Å². The van der Waals surface area contributed by atoms with Crippen molar-refractivity contribution in [1.29, 1.82) is 0 Å². The first-order valence-corrected chi connectivity index (χ1v) is 7.34. The monoisotopic (exact) mass is 294 g/mol. The van der Waals surface area contributed by atoms with Crippen molar-refractivity contribution >= 4 is 16.9 Å². The maximum Gasteiger partial charge on any atom is 0.302 e. The number of benzene rings is 1. The highest BCUT2D eigenvalue weighted by Crippen LogP contribution is 2.33. The highest BCUT2D eigenvalue weighted by molar-refractivity contribution is 5.80. The van der Waals surface area contributed by atoms with E-state index in [1.165, 1.54) is 16.6 Å². The fourth-order valence-corrected chi connectivity index (χ4v) is 2.82. The lowest BCUT2D eigenvalue weighted by Gasteiger charge is -2.35. The second kappa shape index (κ2) is 4.66. The third-order valence-corrected chi connectivity index (χ3v) is 4.30. The molecule has 0 aliphatic carbocycles. The van der Waals surface area contributed by atoms with Crippen molar-refractivity contribution in [3.05, 3.63) is 60.9 Å². The Bertz CT molecular complexity index is 783. The first kappa shape index (κ1) is 13.0. The molecule has 0 atom stereocenters. The molecule has 0 amide bonds. The summed E-state index contributed by atoms with van der Waals surface area (Å²) >= 11 is 0. The van der Waals surface area contributed by atoms with Crippen LogP contribution in [0, 0.1) is 0 Å². The van der Waals surface area contributed by atoms with Gasteiger partial charge in [-0.05, 0) is 31.4 Å². The third kappa shape index (κ3) is 1.97. The van der Waals surface area contributed by atoms with E-state index in [2.05, 4.69) is 65.2 Å². The van der Waals surface area contributed by atoms with Crippen LogP contribution in [0.4, 0.5) is 6.01 Å². The molecule has 0 bridgehead atoms. The lowest BCUT2D eigenvalue weighted by Crippen LogP contribution is -2.40. The topological polar surface area (TPSA) is 48.3 Å². The number of nitrogens with zero attached hydrogens (tertiary/aromatic N) is 3. The number of H-pyrrole nitrogens is 1. The Morgan fingerprint density at radius 3 is 2.86 bits per heavy atom. The van der Waals surface area contributed by atoms with E-state index in [0.29, 0.717) is 12.7 Å². The zero-order chi connectivity index (χ0) is 15.2. The van der Waals surface area contributed by atoms with Crippen LogP contribution in [0.1, 0.15) is 19.5 Å². The van der Waals surface area contributed by atoms with Crippen LogP contribution in [0.5, 0.6) is 0 Å². The standard InChI is InChI=1S/C17H18N4O/c1-17(2,15-11-13-5-3-4-6-14(13)19-15)21-9-8-20(12-21)16-18-7-10-22-16/h3-11,19H,12H2,1-2H3. The average Bonchev–Trinajstić information content (AvgIpc) is 3.25. The van der Waals surface area contributed by atoms with Gasteiger partial charge >= 0.3 is 6.01 Å². The van der Waals surface area contributed by atoms with Gasteiger partial charge in [-0.1, -0.05) is 18.2 Å². The van der Waals surface area contributed by atoms with Crippen LogP contribution in [-0.2, 0) is 5.54 Å². The van der Waals surface area contributed by atoms with Gasteiger partial charge in [0.15, 0.2) is 0 Å². The van der Waals surface area contributed by atoms with Crippen molar-refractivity contribution in [1.82, 2.24) is 14.9 Å². The van der Waals surface area contributed by atoms with E-state index >= 15 is 0 Å². The number of rotatable bonds is 3. The first-order chi connectivity index (χ1) is 10.6. The summed E-state index contributed by atoms with van der Waals surface area (Å²) in [5.41, 5.74) is 2.20. The normalized spacial score (nSPS) is 15.2. The minimum absolute atomic E-state index is 0.156. The number of oxazole rings is 1. The van der Waals surface area contributed by atoms with Gasteiger partial charge in [0.2, 0.25) is 0 Å². The van der Waals surface area contributed by atoms with Crippen molar-refractivity contribution in [2.24, 2.45) is 0 Å². The Hall–Kier alpha value is -2.69. The Balaban J connectivity index is 1.62. The molecule has 3 heterocycles. The molecular formula is C17H18N4O. The van der Waals surface area contributed by atoms with Crippen LogP contribution in [0.3, 0.4) is 0 Å². The molecule has 1 aromatic carbocycles. The minimum Gasteiger partial charge on any atom is -0.432 e. The molecule has 0 unspecified atom stereocenters. The smallest absolute Gasteiger partial charge is 0.302 e. The minimum atomic E-state index is -0.156. The van der Waals surface area contributed by atoms with Gasteiger partial charge in [-0.15, -0.1) is 0 Å². The summed E-state index contributed by atoms with van der Waals surface area (Å²) in [5, 5.41) is 1.23. The van der Waals surface area contributed by atoms with Gasteiger partial charge in [-0.3, -0.25) is 4.90 Å². The van der Waals surface area contributed by atoms with Crippen LogP contribution >= 0.6 is 0 Å². The SMILES string of the molecule is CC(C)(c1cc2ccccc2[nH]1)N1C=CN(c2ncco2)C1. The van der Waals surface area contributed by atoms with Crippen molar-refractivity contribution in [3.8, 4) is 0 Å². The molecule has 112 valence electrons. The molecule has 5 heteroatoms. The summed E-state index contributed by atoms with van der Waals surface area (Å²) in [6, 6.07) is 11.2. The largest absolute Gasteiger partial charge is 0.432 e. The molecule has 1 N–H and O–H groups in total. The molecule has 0 saturated heterocycles. The van der Waals surface area contributed by atoms with Crippen molar-refractivity contribution < 1.29 is 4.42 Å². The maximum absolute atomic E-state index is 5.36. The van der Waals surface area contributed by atoms with E-state index in [9.17, 15) is 0 Å². The molecule has 1 aliphatic rings. The van der Waals surface area contributed by atoms with E-state index in [-0.39, 0.29) is 5.54 Å². The van der Waals surface area contributed by atoms with Crippen molar-refractivity contribution in [3.63, 3.8) is 0 Å². The van der Waals surface area contributed by atoms with Crippen molar-refractivity contribution in [2.75, 3.05) is 11.6 Å². The quantitative estimate of drug-likeness (QED) is 0.801. The molecular weight excluding hydrogens is 276 g/mol. The molecule has 0 saturated carbocycles. The van der Waals surface area contributed by atoms with Crippen molar-refractivity contribution in [2.45, 2.75) is 19.4 Å². The number of aromatic nitrogens is 2. The Kier molecular flexibility index (Phi) is 2.76. The lowest BCUT2D eigenvalue weighted by molar-refractivity contribution is 0.196. The summed E-state index contributed by atoms with van der Waals surface area (Å²) in [6.45, 7) is 5.13. The van der Waals surface area contributed by atoms with E-state index in [1.807, 2.05) is 11.1 Å². The molecule has 5 nitrogen and oxygen atoms in total. The molecule has 0 fully saturated rings. The molecule has 3 aromatic rings. The van der Waals surface area contributed by atoms with Gasteiger partial charge in [0.1, 0.15) is 6.26 Å². The van der Waals surface area contributed by atoms with Crippen LogP contribution in [0.25, 0.3) is 10.9 Å². The predicted octanol–water partition coefficient (Wildman–Crippen LogP) is 3.64. The fraction of sp³-hybridized carbons (Fsp3) is 0.235. The number of hydrogen-bond donors (Lipinski definition) is 1. The zero-order valence-electron chi connectivity index (χ0n) is 12.7. The lowest BCUT2D eigenvalue weighted by atomic mass is 9.99. The summed E-state index contributed by atoms with van der Waals surface area (Å²) in [5.74, 6) is 0. The second-order valence-corrected chi connectivity index (χ2v) is 6.02. The Labute approximate surface area is 128 Å². The van der Waals surface area contributed by atoms with Crippen LogP contribution in [0.15, 0.2) is 59.6 Å². The number of anilines is 1. The first-order valence-electron chi connectivity index (χ1n) is 7.34. The molecule has 1 aliphatic heterocycles. The van der Waals surface area contributed by atoms with Gasteiger partial charge in [-0.2, -0.15) is 0 Å². The highest BCUT2D eigenvalue weighted by Gasteiger charge is 2.32. The van der Waals surface area contributed by atoms with Gasteiger partial charge in [0, 0.05) is 23.6 Å². The van der Waals surface area contributed by atoms with E-state index < -0.39 is 0 Å². The molecule has 2 aromatic heterocycles. The number of hydrogen-bond acceptors (Lipinski definition) is 4. The third-order valence-electron chi connectivity index (χ3n) is 4.30. The Morgan fingerprint density at radius 2 is 2.09 bits per heavy atom. The van der Waals surface area contributed by atoms with Gasteiger partial charge in [0.25, 0.3) is 0 Å². The van der Waals surface area contributed by atoms with Gasteiger partial charge < -0.3 is 14.3 Å². The number of aromatic amines is 1. The zero-order valence-corrected chi connectivity index (χ0v) is 12.7. The summed E-state index contributed by atoms with van der Waals surface area (Å²) < 4.78 is 5.36. The highest BCUT2D eigenvalue weighted by atomic mass is 16.4. The molecule has 0 spiro atoms. The Morgan fingerprint density at radius 1 is 1.23 bits per heavy atom. The van der Waals surface area contributed by atoms with E-state index in [0.717, 1.165) is 0 Å². The molecule has 0 radical (unpaired) electrons.